The maximum Gasteiger partial charge on any atom is 0.332 e. The minimum atomic E-state index is -0.575. The number of amides is 1. The SMILES string of the molecule is CCOc1ccnc2c1c(=O)n(CC(=O)N(CC)CC)c(=O)n2C. The van der Waals surface area contributed by atoms with Gasteiger partial charge < -0.3 is 9.64 Å². The number of hydrogen-bond acceptors (Lipinski definition) is 5. The van der Waals surface area contributed by atoms with Crippen molar-refractivity contribution in [3.05, 3.63) is 33.1 Å². The van der Waals surface area contributed by atoms with Gasteiger partial charge >= 0.3 is 5.69 Å². The number of pyridine rings is 1. The maximum absolute atomic E-state index is 12.8. The molecule has 0 aliphatic carbocycles. The van der Waals surface area contributed by atoms with E-state index in [0.717, 1.165) is 4.57 Å². The number of rotatable bonds is 6. The van der Waals surface area contributed by atoms with Crippen LogP contribution >= 0.6 is 0 Å². The minimum absolute atomic E-state index is 0.203. The Bertz CT molecular complexity index is 865. The van der Waals surface area contributed by atoms with Crippen LogP contribution in [0.4, 0.5) is 0 Å². The fourth-order valence-electron chi connectivity index (χ4n) is 2.61. The summed E-state index contributed by atoms with van der Waals surface area (Å²) < 4.78 is 7.68. The molecule has 0 N–H and O–H groups in total. The van der Waals surface area contributed by atoms with Crippen LogP contribution in [0, 0.1) is 0 Å². The number of fused-ring (bicyclic) bond motifs is 1. The summed E-state index contributed by atoms with van der Waals surface area (Å²) in [5.41, 5.74) is -0.901. The molecule has 1 amide bonds. The van der Waals surface area contributed by atoms with Crippen LogP contribution in [0.5, 0.6) is 5.75 Å². The van der Waals surface area contributed by atoms with E-state index in [9.17, 15) is 14.4 Å². The topological polar surface area (TPSA) is 86.4 Å². The Morgan fingerprint density at radius 2 is 1.92 bits per heavy atom. The van der Waals surface area contributed by atoms with E-state index < -0.39 is 11.2 Å². The third kappa shape index (κ3) is 3.04. The minimum Gasteiger partial charge on any atom is -0.493 e. The van der Waals surface area contributed by atoms with Gasteiger partial charge in [-0.2, -0.15) is 0 Å². The zero-order chi connectivity index (χ0) is 17.9. The van der Waals surface area contributed by atoms with Crippen LogP contribution in [0.3, 0.4) is 0 Å². The number of likely N-dealkylation sites (N-methyl/N-ethyl adjacent to an activating group) is 1. The molecule has 0 spiro atoms. The lowest BCUT2D eigenvalue weighted by Crippen LogP contribution is -2.44. The average Bonchev–Trinajstić information content (AvgIpc) is 2.58. The number of ether oxygens (including phenoxy) is 1. The first-order valence-electron chi connectivity index (χ1n) is 7.95. The molecule has 0 saturated carbocycles. The fraction of sp³-hybridized carbons (Fsp3) is 0.500. The number of nitrogens with zero attached hydrogens (tertiary/aromatic N) is 4. The summed E-state index contributed by atoms with van der Waals surface area (Å²) in [6.45, 7) is 6.60. The lowest BCUT2D eigenvalue weighted by Gasteiger charge is -2.19. The normalized spacial score (nSPS) is 10.8. The highest BCUT2D eigenvalue weighted by Gasteiger charge is 2.19. The maximum atomic E-state index is 12.8. The van der Waals surface area contributed by atoms with Crippen LogP contribution in [0.15, 0.2) is 21.9 Å². The Labute approximate surface area is 139 Å². The van der Waals surface area contributed by atoms with Crippen LogP contribution in [0.25, 0.3) is 11.0 Å². The molecule has 0 saturated heterocycles. The Morgan fingerprint density at radius 3 is 2.50 bits per heavy atom. The molecular formula is C16H22N4O4. The van der Waals surface area contributed by atoms with Gasteiger partial charge in [-0.3, -0.25) is 14.2 Å². The van der Waals surface area contributed by atoms with E-state index in [1.807, 2.05) is 13.8 Å². The number of carbonyl (C=O) groups excluding carboxylic acids is 1. The molecule has 24 heavy (non-hydrogen) atoms. The van der Waals surface area contributed by atoms with Gasteiger partial charge in [0.05, 0.1) is 6.61 Å². The summed E-state index contributed by atoms with van der Waals surface area (Å²) in [5.74, 6) is 0.0764. The molecule has 8 nitrogen and oxygen atoms in total. The zero-order valence-corrected chi connectivity index (χ0v) is 14.4. The molecule has 0 atom stereocenters. The van der Waals surface area contributed by atoms with Crippen molar-refractivity contribution in [1.82, 2.24) is 19.0 Å². The second-order valence-electron chi connectivity index (χ2n) is 5.24. The van der Waals surface area contributed by atoms with E-state index in [1.54, 1.807) is 17.9 Å². The molecule has 0 bridgehead atoms. The Morgan fingerprint density at radius 1 is 1.25 bits per heavy atom. The predicted molar refractivity (Wildman–Crippen MR) is 90.3 cm³/mol. The summed E-state index contributed by atoms with van der Waals surface area (Å²) in [7, 11) is 1.52. The third-order valence-corrected chi connectivity index (χ3v) is 3.90. The monoisotopic (exact) mass is 334 g/mol. The highest BCUT2D eigenvalue weighted by atomic mass is 16.5. The lowest BCUT2D eigenvalue weighted by atomic mass is 10.3. The molecule has 2 aromatic heterocycles. The number of aryl methyl sites for hydroxylation is 1. The standard InChI is InChI=1S/C16H22N4O4/c1-5-19(6-2)12(21)10-20-15(22)13-11(24-7-3)8-9-17-14(13)18(4)16(20)23/h8-9H,5-7,10H2,1-4H3. The van der Waals surface area contributed by atoms with E-state index >= 15 is 0 Å². The van der Waals surface area contributed by atoms with Crippen molar-refractivity contribution in [2.75, 3.05) is 19.7 Å². The Balaban J connectivity index is 2.67. The molecule has 0 aliphatic rings. The zero-order valence-electron chi connectivity index (χ0n) is 14.4. The van der Waals surface area contributed by atoms with Gasteiger partial charge in [0.1, 0.15) is 17.7 Å². The molecule has 0 aromatic carbocycles. The molecule has 0 aliphatic heterocycles. The van der Waals surface area contributed by atoms with Gasteiger partial charge in [-0.05, 0) is 26.8 Å². The molecular weight excluding hydrogens is 312 g/mol. The van der Waals surface area contributed by atoms with Crippen molar-refractivity contribution in [3.8, 4) is 5.75 Å². The van der Waals surface area contributed by atoms with E-state index in [-0.39, 0.29) is 23.5 Å². The van der Waals surface area contributed by atoms with Crippen LogP contribution in [0.1, 0.15) is 20.8 Å². The summed E-state index contributed by atoms with van der Waals surface area (Å²) in [5, 5.41) is 0.203. The summed E-state index contributed by atoms with van der Waals surface area (Å²) in [6, 6.07) is 1.58. The molecule has 2 rings (SSSR count). The van der Waals surface area contributed by atoms with Crippen molar-refractivity contribution in [2.24, 2.45) is 7.05 Å². The third-order valence-electron chi connectivity index (χ3n) is 3.90. The Hall–Kier alpha value is -2.64. The van der Waals surface area contributed by atoms with Gasteiger partial charge in [-0.25, -0.2) is 14.3 Å². The van der Waals surface area contributed by atoms with E-state index in [0.29, 0.717) is 25.4 Å². The van der Waals surface area contributed by atoms with Gasteiger partial charge in [0.25, 0.3) is 5.56 Å². The van der Waals surface area contributed by atoms with Crippen molar-refractivity contribution >= 4 is 16.9 Å². The molecule has 0 unspecified atom stereocenters. The smallest absolute Gasteiger partial charge is 0.332 e. The van der Waals surface area contributed by atoms with Crippen LogP contribution < -0.4 is 16.0 Å². The number of hydrogen-bond donors (Lipinski definition) is 0. The highest BCUT2D eigenvalue weighted by molar-refractivity contribution is 5.82. The van der Waals surface area contributed by atoms with Gasteiger partial charge in [-0.15, -0.1) is 0 Å². The molecule has 8 heteroatoms. The molecule has 0 fully saturated rings. The first kappa shape index (κ1) is 17.7. The van der Waals surface area contributed by atoms with Crippen LogP contribution in [0.2, 0.25) is 0 Å². The largest absolute Gasteiger partial charge is 0.493 e. The molecule has 2 aromatic rings. The first-order chi connectivity index (χ1) is 11.5. The lowest BCUT2D eigenvalue weighted by molar-refractivity contribution is -0.131. The first-order valence-corrected chi connectivity index (χ1v) is 7.95. The number of carbonyl (C=O) groups is 1. The van der Waals surface area contributed by atoms with Crippen molar-refractivity contribution < 1.29 is 9.53 Å². The molecule has 130 valence electrons. The van der Waals surface area contributed by atoms with E-state index in [4.69, 9.17) is 4.74 Å². The second kappa shape index (κ2) is 7.29. The highest BCUT2D eigenvalue weighted by Crippen LogP contribution is 2.18. The van der Waals surface area contributed by atoms with Gasteiger partial charge in [0.2, 0.25) is 5.91 Å². The predicted octanol–water partition coefficient (Wildman–Crippen LogP) is 0.362. The van der Waals surface area contributed by atoms with Gasteiger partial charge in [0, 0.05) is 26.3 Å². The summed E-state index contributed by atoms with van der Waals surface area (Å²) >= 11 is 0. The molecule has 0 radical (unpaired) electrons. The molecule has 2 heterocycles. The summed E-state index contributed by atoms with van der Waals surface area (Å²) in [6.07, 6.45) is 1.48. The van der Waals surface area contributed by atoms with E-state index in [1.165, 1.54) is 17.8 Å². The quantitative estimate of drug-likeness (QED) is 0.761. The summed E-state index contributed by atoms with van der Waals surface area (Å²) in [4.78, 5) is 43.3. The van der Waals surface area contributed by atoms with Crippen molar-refractivity contribution in [3.63, 3.8) is 0 Å². The van der Waals surface area contributed by atoms with Gasteiger partial charge in [-0.1, -0.05) is 0 Å². The number of aromatic nitrogens is 3. The van der Waals surface area contributed by atoms with E-state index in [2.05, 4.69) is 4.98 Å². The van der Waals surface area contributed by atoms with Crippen molar-refractivity contribution in [2.45, 2.75) is 27.3 Å². The van der Waals surface area contributed by atoms with Gasteiger partial charge in [0.15, 0.2) is 5.65 Å². The Kier molecular flexibility index (Phi) is 5.38. The fourth-order valence-corrected chi connectivity index (χ4v) is 2.61. The van der Waals surface area contributed by atoms with Crippen molar-refractivity contribution in [1.29, 1.82) is 0 Å². The average molecular weight is 334 g/mol. The van der Waals surface area contributed by atoms with Crippen LogP contribution in [-0.2, 0) is 18.4 Å². The second-order valence-corrected chi connectivity index (χ2v) is 5.24. The van der Waals surface area contributed by atoms with Crippen LogP contribution in [-0.4, -0.2) is 44.6 Å².